The Morgan fingerprint density at radius 2 is 2.09 bits per heavy atom. The first-order valence-electron chi connectivity index (χ1n) is 7.10. The molecule has 0 aliphatic carbocycles. The van der Waals surface area contributed by atoms with Gasteiger partial charge in [0.2, 0.25) is 0 Å². The van der Waals surface area contributed by atoms with Crippen LogP contribution in [0, 0.1) is 5.41 Å². The minimum atomic E-state index is -0.691. The minimum Gasteiger partial charge on any atom is -0.492 e. The van der Waals surface area contributed by atoms with Crippen LogP contribution >= 0.6 is 0 Å². The second-order valence-electron chi connectivity index (χ2n) is 5.66. The van der Waals surface area contributed by atoms with E-state index in [0.29, 0.717) is 24.5 Å². The Hall–Kier alpha value is -2.15. The zero-order chi connectivity index (χ0) is 16.6. The molecule has 1 amide bonds. The number of carbonyl (C=O) groups is 1. The highest BCUT2D eigenvalue weighted by Crippen LogP contribution is 2.10. The number of rotatable bonds is 6. The Balaban J connectivity index is 2.48. The van der Waals surface area contributed by atoms with Crippen molar-refractivity contribution in [2.45, 2.75) is 39.2 Å². The van der Waals surface area contributed by atoms with Crippen molar-refractivity contribution in [3.8, 4) is 5.75 Å². The molecule has 3 N–H and O–H groups in total. The quantitative estimate of drug-likeness (QED) is 0.424. The van der Waals surface area contributed by atoms with Crippen molar-refractivity contribution < 1.29 is 19.4 Å². The van der Waals surface area contributed by atoms with Gasteiger partial charge in [0.15, 0.2) is 5.84 Å². The van der Waals surface area contributed by atoms with Crippen LogP contribution in [0.15, 0.2) is 18.3 Å². The summed E-state index contributed by atoms with van der Waals surface area (Å²) in [6, 6.07) is 3.26. The van der Waals surface area contributed by atoms with E-state index < -0.39 is 11.7 Å². The molecule has 0 aromatic carbocycles. The molecule has 1 aromatic heterocycles. The maximum atomic E-state index is 11.6. The predicted molar refractivity (Wildman–Crippen MR) is 82.3 cm³/mol. The molecule has 7 nitrogen and oxygen atoms in total. The average molecular weight is 309 g/mol. The fourth-order valence-corrected chi connectivity index (χ4v) is 1.49. The van der Waals surface area contributed by atoms with E-state index in [1.807, 2.05) is 0 Å². The number of nitrogens with one attached hydrogen (secondary N) is 2. The van der Waals surface area contributed by atoms with Crippen molar-refractivity contribution in [2.24, 2.45) is 0 Å². The summed E-state index contributed by atoms with van der Waals surface area (Å²) in [5, 5.41) is 18.8. The standard InChI is InChI=1S/C15H23N3O4/c1-15(2,3)22-14(20)18-13(16)12-7-6-11(10-17-12)21-9-5-4-8-19/h6-7,10,19H,4-5,8-9H2,1-3H3,(H2,16,18,20). The molecule has 7 heteroatoms. The lowest BCUT2D eigenvalue weighted by atomic mass is 10.2. The third-order valence-electron chi connectivity index (χ3n) is 2.44. The zero-order valence-electron chi connectivity index (χ0n) is 13.2. The topological polar surface area (TPSA) is 105 Å². The van der Waals surface area contributed by atoms with Crippen LogP contribution in [0.4, 0.5) is 4.79 Å². The number of amides is 1. The Morgan fingerprint density at radius 3 is 2.64 bits per heavy atom. The van der Waals surface area contributed by atoms with Crippen molar-refractivity contribution in [1.29, 1.82) is 5.41 Å². The third-order valence-corrected chi connectivity index (χ3v) is 2.44. The number of amidine groups is 1. The van der Waals surface area contributed by atoms with E-state index in [9.17, 15) is 4.79 Å². The highest BCUT2D eigenvalue weighted by atomic mass is 16.6. The number of aromatic nitrogens is 1. The van der Waals surface area contributed by atoms with Gasteiger partial charge in [0.05, 0.1) is 12.8 Å². The summed E-state index contributed by atoms with van der Waals surface area (Å²) in [4.78, 5) is 15.6. The van der Waals surface area contributed by atoms with Crippen LogP contribution < -0.4 is 10.1 Å². The summed E-state index contributed by atoms with van der Waals surface area (Å²) in [5.41, 5.74) is -0.307. The first-order chi connectivity index (χ1) is 10.3. The van der Waals surface area contributed by atoms with E-state index >= 15 is 0 Å². The molecular formula is C15H23N3O4. The number of alkyl carbamates (subject to hydrolysis) is 1. The third kappa shape index (κ3) is 7.03. The average Bonchev–Trinajstić information content (AvgIpc) is 2.42. The summed E-state index contributed by atoms with van der Waals surface area (Å²) < 4.78 is 10.5. The van der Waals surface area contributed by atoms with Gasteiger partial charge in [0, 0.05) is 6.61 Å². The number of pyridine rings is 1. The number of aliphatic hydroxyl groups excluding tert-OH is 1. The van der Waals surface area contributed by atoms with E-state index in [1.54, 1.807) is 32.9 Å². The molecule has 122 valence electrons. The number of ether oxygens (including phenoxy) is 2. The van der Waals surface area contributed by atoms with Gasteiger partial charge in [-0.1, -0.05) is 0 Å². The Labute approximate surface area is 130 Å². The van der Waals surface area contributed by atoms with Crippen molar-refractivity contribution in [2.75, 3.05) is 13.2 Å². The molecule has 0 saturated carbocycles. The van der Waals surface area contributed by atoms with Crippen molar-refractivity contribution in [3.63, 3.8) is 0 Å². The van der Waals surface area contributed by atoms with Gasteiger partial charge in [0.1, 0.15) is 17.0 Å². The smallest absolute Gasteiger partial charge is 0.413 e. The highest BCUT2D eigenvalue weighted by Gasteiger charge is 2.17. The van der Waals surface area contributed by atoms with Gasteiger partial charge in [0.25, 0.3) is 0 Å². The first-order valence-corrected chi connectivity index (χ1v) is 7.10. The predicted octanol–water partition coefficient (Wildman–Crippen LogP) is 2.08. The normalized spacial score (nSPS) is 10.9. The molecule has 1 heterocycles. The minimum absolute atomic E-state index is 0.138. The number of aliphatic hydroxyl groups is 1. The summed E-state index contributed by atoms with van der Waals surface area (Å²) in [7, 11) is 0. The monoisotopic (exact) mass is 309 g/mol. The van der Waals surface area contributed by atoms with Crippen molar-refractivity contribution >= 4 is 11.9 Å². The number of unbranched alkanes of at least 4 members (excludes halogenated alkanes) is 1. The maximum Gasteiger partial charge on any atom is 0.413 e. The lowest BCUT2D eigenvalue weighted by Crippen LogP contribution is -2.36. The van der Waals surface area contributed by atoms with E-state index in [2.05, 4.69) is 10.3 Å². The van der Waals surface area contributed by atoms with Gasteiger partial charge in [-0.05, 0) is 45.7 Å². The van der Waals surface area contributed by atoms with Gasteiger partial charge in [-0.2, -0.15) is 0 Å². The van der Waals surface area contributed by atoms with Crippen LogP contribution in [-0.4, -0.2) is 40.8 Å². The highest BCUT2D eigenvalue weighted by molar-refractivity contribution is 6.03. The molecule has 0 aliphatic heterocycles. The molecule has 0 atom stereocenters. The van der Waals surface area contributed by atoms with E-state index in [0.717, 1.165) is 6.42 Å². The SMILES string of the molecule is CC(C)(C)OC(=O)NC(=N)c1ccc(OCCCCO)cn1. The molecule has 0 bridgehead atoms. The molecule has 0 fully saturated rings. The maximum absolute atomic E-state index is 11.6. The number of nitrogens with zero attached hydrogens (tertiary/aromatic N) is 1. The summed E-state index contributed by atoms with van der Waals surface area (Å²) in [6.45, 7) is 5.88. The Morgan fingerprint density at radius 1 is 1.36 bits per heavy atom. The van der Waals surface area contributed by atoms with Crippen LogP contribution in [0.25, 0.3) is 0 Å². The molecule has 0 spiro atoms. The van der Waals surface area contributed by atoms with Crippen LogP contribution in [-0.2, 0) is 4.74 Å². The largest absolute Gasteiger partial charge is 0.492 e. The Kier molecular flexibility index (Phi) is 6.78. The van der Waals surface area contributed by atoms with Crippen LogP contribution in [0.2, 0.25) is 0 Å². The zero-order valence-corrected chi connectivity index (χ0v) is 13.2. The van der Waals surface area contributed by atoms with Gasteiger partial charge in [-0.15, -0.1) is 0 Å². The molecular weight excluding hydrogens is 286 g/mol. The van der Waals surface area contributed by atoms with Crippen LogP contribution in [0.1, 0.15) is 39.3 Å². The molecule has 0 radical (unpaired) electrons. The molecule has 0 unspecified atom stereocenters. The molecule has 1 rings (SSSR count). The summed E-state index contributed by atoms with van der Waals surface area (Å²) in [5.74, 6) is 0.438. The van der Waals surface area contributed by atoms with Gasteiger partial charge in [-0.3, -0.25) is 10.7 Å². The van der Waals surface area contributed by atoms with E-state index in [1.165, 1.54) is 6.20 Å². The summed E-state index contributed by atoms with van der Waals surface area (Å²) in [6.07, 6.45) is 2.24. The fourth-order valence-electron chi connectivity index (χ4n) is 1.49. The molecule has 22 heavy (non-hydrogen) atoms. The Bertz CT molecular complexity index is 495. The van der Waals surface area contributed by atoms with Gasteiger partial charge < -0.3 is 14.6 Å². The van der Waals surface area contributed by atoms with Gasteiger partial charge >= 0.3 is 6.09 Å². The summed E-state index contributed by atoms with van der Waals surface area (Å²) >= 11 is 0. The molecule has 0 aliphatic rings. The van der Waals surface area contributed by atoms with E-state index in [4.69, 9.17) is 20.0 Å². The van der Waals surface area contributed by atoms with E-state index in [-0.39, 0.29) is 12.4 Å². The van der Waals surface area contributed by atoms with Gasteiger partial charge in [-0.25, -0.2) is 9.78 Å². The lowest BCUT2D eigenvalue weighted by Gasteiger charge is -2.19. The number of hydrogen-bond donors (Lipinski definition) is 3. The molecule has 1 aromatic rings. The number of carbonyl (C=O) groups excluding carboxylic acids is 1. The fraction of sp³-hybridized carbons (Fsp3) is 0.533. The van der Waals surface area contributed by atoms with Crippen molar-refractivity contribution in [1.82, 2.24) is 10.3 Å². The van der Waals surface area contributed by atoms with Crippen LogP contribution in [0.5, 0.6) is 5.75 Å². The first kappa shape index (κ1) is 17.9. The lowest BCUT2D eigenvalue weighted by molar-refractivity contribution is 0.0563. The number of hydrogen-bond acceptors (Lipinski definition) is 6. The van der Waals surface area contributed by atoms with Crippen molar-refractivity contribution in [3.05, 3.63) is 24.0 Å². The van der Waals surface area contributed by atoms with Crippen LogP contribution in [0.3, 0.4) is 0 Å². The second-order valence-corrected chi connectivity index (χ2v) is 5.66. The molecule has 0 saturated heterocycles. The second kappa shape index (κ2) is 8.33.